The molecule has 120 valence electrons. The van der Waals surface area contributed by atoms with Crippen molar-refractivity contribution in [2.24, 2.45) is 0 Å². The van der Waals surface area contributed by atoms with E-state index in [2.05, 4.69) is 0 Å². The molecule has 0 amide bonds. The smallest absolute Gasteiger partial charge is 0.327 e. The molecule has 0 radical (unpaired) electrons. The highest BCUT2D eigenvalue weighted by Crippen LogP contribution is 2.02. The zero-order valence-electron chi connectivity index (χ0n) is 11.5. The molecule has 21 heavy (non-hydrogen) atoms. The van der Waals surface area contributed by atoms with Crippen molar-refractivity contribution in [1.82, 2.24) is 0 Å². The van der Waals surface area contributed by atoms with Gasteiger partial charge in [-0.2, -0.15) is 0 Å². The van der Waals surface area contributed by atoms with Gasteiger partial charge < -0.3 is 20.4 Å². The Hall–Kier alpha value is -2.38. The Bertz CT molecular complexity index is 356. The van der Waals surface area contributed by atoms with E-state index in [1.54, 1.807) is 0 Å². The van der Waals surface area contributed by atoms with Gasteiger partial charge in [0.1, 0.15) is 0 Å². The lowest BCUT2D eigenvalue weighted by Gasteiger charge is -1.94. The molecule has 4 N–H and O–H groups in total. The molecule has 8 heteroatoms. The second-order valence-electron chi connectivity index (χ2n) is 4.02. The van der Waals surface area contributed by atoms with E-state index >= 15 is 0 Å². The van der Waals surface area contributed by atoms with Crippen LogP contribution in [0.15, 0.2) is 12.2 Å². The lowest BCUT2D eigenvalue weighted by molar-refractivity contribution is -0.138. The van der Waals surface area contributed by atoms with Crippen LogP contribution in [0, 0.1) is 0 Å². The Morgan fingerprint density at radius 3 is 1.43 bits per heavy atom. The number of carboxylic acid groups (broad SMARTS) is 4. The van der Waals surface area contributed by atoms with Crippen molar-refractivity contribution in [3.8, 4) is 0 Å². The van der Waals surface area contributed by atoms with Crippen LogP contribution >= 0.6 is 0 Å². The van der Waals surface area contributed by atoms with E-state index in [0.717, 1.165) is 6.08 Å². The first-order valence-electron chi connectivity index (χ1n) is 6.30. The van der Waals surface area contributed by atoms with Gasteiger partial charge in [-0.3, -0.25) is 14.4 Å². The van der Waals surface area contributed by atoms with Crippen LogP contribution in [0.3, 0.4) is 0 Å². The normalized spacial score (nSPS) is 9.71. The van der Waals surface area contributed by atoms with E-state index in [4.69, 9.17) is 20.4 Å². The van der Waals surface area contributed by atoms with Crippen LogP contribution in [0.2, 0.25) is 0 Å². The molecule has 0 aromatic carbocycles. The maximum atomic E-state index is 9.98. The van der Waals surface area contributed by atoms with E-state index in [9.17, 15) is 19.2 Å². The lowest BCUT2D eigenvalue weighted by Crippen LogP contribution is -1.96. The molecule has 0 bridgehead atoms. The molecule has 0 aromatic heterocycles. The number of hydrogen-bond donors (Lipinski definition) is 4. The zero-order chi connectivity index (χ0) is 16.7. The molecule has 0 saturated heterocycles. The average molecular weight is 304 g/mol. The van der Waals surface area contributed by atoms with Crippen molar-refractivity contribution in [1.29, 1.82) is 0 Å². The van der Waals surface area contributed by atoms with E-state index in [1.807, 2.05) is 0 Å². The summed E-state index contributed by atoms with van der Waals surface area (Å²) in [6.07, 6.45) is 4.59. The molecule has 0 aliphatic rings. The molecule has 0 fully saturated rings. The van der Waals surface area contributed by atoms with Crippen molar-refractivity contribution in [3.05, 3.63) is 12.2 Å². The third-order valence-corrected chi connectivity index (χ3v) is 2.07. The molecular weight excluding hydrogens is 284 g/mol. The van der Waals surface area contributed by atoms with Gasteiger partial charge in [0.25, 0.3) is 0 Å². The summed E-state index contributed by atoms with van der Waals surface area (Å²) in [6, 6.07) is 0. The van der Waals surface area contributed by atoms with Crippen LogP contribution in [0.4, 0.5) is 0 Å². The molecule has 0 aliphatic carbocycles. The fraction of sp³-hybridized carbons (Fsp3) is 0.538. The Morgan fingerprint density at radius 1 is 0.667 bits per heavy atom. The maximum Gasteiger partial charge on any atom is 0.327 e. The van der Waals surface area contributed by atoms with E-state index in [-0.39, 0.29) is 25.7 Å². The zero-order valence-corrected chi connectivity index (χ0v) is 11.5. The fourth-order valence-corrected chi connectivity index (χ4v) is 1.12. The summed E-state index contributed by atoms with van der Waals surface area (Å²) in [5.74, 6) is -3.61. The number of carbonyl (C=O) groups is 4. The van der Waals surface area contributed by atoms with Crippen molar-refractivity contribution in [3.63, 3.8) is 0 Å². The third-order valence-electron chi connectivity index (χ3n) is 2.07. The second-order valence-corrected chi connectivity index (χ2v) is 4.02. The number of aliphatic carboxylic acids is 4. The van der Waals surface area contributed by atoms with Gasteiger partial charge in [-0.05, 0) is 19.3 Å². The molecule has 0 spiro atoms. The number of rotatable bonds is 10. The number of unbranched alkanes of at least 4 members (excludes halogenated alkanes) is 2. The first-order valence-corrected chi connectivity index (χ1v) is 6.30. The summed E-state index contributed by atoms with van der Waals surface area (Å²) in [4.78, 5) is 39.6. The minimum Gasteiger partial charge on any atom is -0.481 e. The van der Waals surface area contributed by atoms with Gasteiger partial charge in [0.05, 0.1) is 0 Å². The van der Waals surface area contributed by atoms with E-state index in [0.29, 0.717) is 19.3 Å². The van der Waals surface area contributed by atoms with Crippen LogP contribution in [-0.2, 0) is 19.2 Å². The molecule has 0 saturated carbocycles. The van der Waals surface area contributed by atoms with E-state index < -0.39 is 23.9 Å². The van der Waals surface area contributed by atoms with Gasteiger partial charge in [-0.25, -0.2) is 4.79 Å². The SMILES string of the molecule is O=C(O)C=CCCC(=O)O.O=C(O)CCCCCC(=O)O. The molecule has 8 nitrogen and oxygen atoms in total. The van der Waals surface area contributed by atoms with Crippen LogP contribution in [0.1, 0.15) is 44.9 Å². The predicted octanol–water partition coefficient (Wildman–Crippen LogP) is 1.60. The van der Waals surface area contributed by atoms with Gasteiger partial charge in [-0.15, -0.1) is 0 Å². The Morgan fingerprint density at radius 2 is 1.10 bits per heavy atom. The largest absolute Gasteiger partial charge is 0.481 e. The minimum absolute atomic E-state index is 0.0240. The first kappa shape index (κ1) is 20.9. The Labute approximate surface area is 121 Å². The lowest BCUT2D eigenvalue weighted by atomic mass is 10.1. The van der Waals surface area contributed by atoms with Crippen molar-refractivity contribution in [2.45, 2.75) is 44.9 Å². The third kappa shape index (κ3) is 27.0. The average Bonchev–Trinajstić information content (AvgIpc) is 2.34. The molecule has 0 atom stereocenters. The fourth-order valence-electron chi connectivity index (χ4n) is 1.12. The van der Waals surface area contributed by atoms with Gasteiger partial charge in [0.2, 0.25) is 0 Å². The van der Waals surface area contributed by atoms with Crippen LogP contribution in [0.5, 0.6) is 0 Å². The van der Waals surface area contributed by atoms with Gasteiger partial charge in [0, 0.05) is 25.3 Å². The van der Waals surface area contributed by atoms with E-state index in [1.165, 1.54) is 6.08 Å². The van der Waals surface area contributed by atoms with Crippen molar-refractivity contribution < 1.29 is 39.6 Å². The standard InChI is InChI=1S/C7H12O4.C6H8O4/c8-6(9)4-2-1-3-5-7(10)11;7-5(8)3-1-2-4-6(9)10/h1-5H2,(H,8,9)(H,10,11);1,3H,2,4H2,(H,7,8)(H,9,10). The Kier molecular flexibility index (Phi) is 14.0. The number of carboxylic acids is 4. The highest BCUT2D eigenvalue weighted by molar-refractivity contribution is 5.79. The van der Waals surface area contributed by atoms with Crippen LogP contribution in [0.25, 0.3) is 0 Å². The summed E-state index contributed by atoms with van der Waals surface area (Å²) in [5, 5.41) is 32.6. The van der Waals surface area contributed by atoms with Gasteiger partial charge in [0.15, 0.2) is 0 Å². The summed E-state index contributed by atoms with van der Waals surface area (Å²) in [7, 11) is 0. The summed E-state index contributed by atoms with van der Waals surface area (Å²) >= 11 is 0. The van der Waals surface area contributed by atoms with Crippen molar-refractivity contribution >= 4 is 23.9 Å². The number of allylic oxidation sites excluding steroid dienone is 1. The first-order chi connectivity index (χ1) is 9.75. The highest BCUT2D eigenvalue weighted by Gasteiger charge is 1.98. The second kappa shape index (κ2) is 14.0. The number of hydrogen-bond acceptors (Lipinski definition) is 4. The molecular formula is C13H20O8. The minimum atomic E-state index is -1.05. The quantitative estimate of drug-likeness (QED) is 0.351. The molecule has 0 unspecified atom stereocenters. The molecule has 0 aromatic rings. The van der Waals surface area contributed by atoms with Crippen molar-refractivity contribution in [2.75, 3.05) is 0 Å². The summed E-state index contributed by atoms with van der Waals surface area (Å²) in [5.41, 5.74) is 0. The molecule has 0 rings (SSSR count). The summed E-state index contributed by atoms with van der Waals surface area (Å²) in [6.45, 7) is 0. The highest BCUT2D eigenvalue weighted by atomic mass is 16.4. The maximum absolute atomic E-state index is 9.98. The summed E-state index contributed by atoms with van der Waals surface area (Å²) < 4.78 is 0. The Balaban J connectivity index is 0. The van der Waals surface area contributed by atoms with Crippen LogP contribution < -0.4 is 0 Å². The van der Waals surface area contributed by atoms with Crippen LogP contribution in [-0.4, -0.2) is 44.3 Å². The predicted molar refractivity (Wildman–Crippen MR) is 72.0 cm³/mol. The topological polar surface area (TPSA) is 149 Å². The van der Waals surface area contributed by atoms with Gasteiger partial charge >= 0.3 is 23.9 Å². The molecule has 0 aliphatic heterocycles. The van der Waals surface area contributed by atoms with Gasteiger partial charge in [-0.1, -0.05) is 12.5 Å². The molecule has 0 heterocycles. The monoisotopic (exact) mass is 304 g/mol.